The van der Waals surface area contributed by atoms with Crippen molar-refractivity contribution >= 4 is 6.09 Å². The lowest BCUT2D eigenvalue weighted by molar-refractivity contribution is 0.0784. The highest BCUT2D eigenvalue weighted by Gasteiger charge is 2.20. The van der Waals surface area contributed by atoms with Crippen LogP contribution in [-0.2, 0) is 9.47 Å². The van der Waals surface area contributed by atoms with Crippen molar-refractivity contribution in [3.05, 3.63) is 30.3 Å². The Kier molecular flexibility index (Phi) is 9.28. The van der Waals surface area contributed by atoms with Crippen LogP contribution in [0.2, 0.25) is 0 Å². The first-order valence-electron chi connectivity index (χ1n) is 9.55. The summed E-state index contributed by atoms with van der Waals surface area (Å²) >= 11 is 0. The smallest absolute Gasteiger partial charge is 0.409 e. The lowest BCUT2D eigenvalue weighted by Gasteiger charge is -2.22. The highest BCUT2D eigenvalue weighted by atomic mass is 16.6. The first-order valence-corrected chi connectivity index (χ1v) is 9.55. The van der Waals surface area contributed by atoms with Gasteiger partial charge in [0, 0.05) is 26.2 Å². The van der Waals surface area contributed by atoms with Crippen LogP contribution in [0.3, 0.4) is 0 Å². The fourth-order valence-corrected chi connectivity index (χ4v) is 2.74. The average molecular weight is 364 g/mol. The van der Waals surface area contributed by atoms with E-state index in [1.807, 2.05) is 49.1 Å². The molecule has 0 aromatic heterocycles. The van der Waals surface area contributed by atoms with Crippen molar-refractivity contribution in [2.75, 3.05) is 59.2 Å². The SMILES string of the molecule is CC(C)COC(=O)N1CCCN(CCOCCOc2ccccc2)CC1. The van der Waals surface area contributed by atoms with Crippen molar-refractivity contribution in [1.82, 2.24) is 9.80 Å². The third-order valence-corrected chi connectivity index (χ3v) is 4.18. The number of benzene rings is 1. The number of carbonyl (C=O) groups is 1. The number of hydrogen-bond acceptors (Lipinski definition) is 5. The van der Waals surface area contributed by atoms with Gasteiger partial charge in [-0.3, -0.25) is 4.90 Å². The highest BCUT2D eigenvalue weighted by molar-refractivity contribution is 5.67. The molecule has 0 atom stereocenters. The fourth-order valence-electron chi connectivity index (χ4n) is 2.74. The van der Waals surface area contributed by atoms with Crippen LogP contribution in [0.5, 0.6) is 5.75 Å². The molecule has 1 heterocycles. The first-order chi connectivity index (χ1) is 12.6. The lowest BCUT2D eigenvalue weighted by atomic mass is 10.2. The van der Waals surface area contributed by atoms with Gasteiger partial charge in [0.15, 0.2) is 0 Å². The molecule has 1 aromatic rings. The van der Waals surface area contributed by atoms with Crippen molar-refractivity contribution in [3.8, 4) is 5.75 Å². The minimum Gasteiger partial charge on any atom is -0.491 e. The number of hydrogen-bond donors (Lipinski definition) is 0. The number of rotatable bonds is 9. The van der Waals surface area contributed by atoms with Crippen molar-refractivity contribution in [2.24, 2.45) is 5.92 Å². The van der Waals surface area contributed by atoms with E-state index in [-0.39, 0.29) is 6.09 Å². The van der Waals surface area contributed by atoms with E-state index in [1.54, 1.807) is 0 Å². The van der Waals surface area contributed by atoms with Gasteiger partial charge in [0.25, 0.3) is 0 Å². The Morgan fingerprint density at radius 1 is 1.04 bits per heavy atom. The summed E-state index contributed by atoms with van der Waals surface area (Å²) < 4.78 is 16.6. The topological polar surface area (TPSA) is 51.2 Å². The van der Waals surface area contributed by atoms with Crippen LogP contribution in [0.15, 0.2) is 30.3 Å². The van der Waals surface area contributed by atoms with Gasteiger partial charge in [0.05, 0.1) is 19.8 Å². The predicted octanol–water partition coefficient (Wildman–Crippen LogP) is 2.88. The fraction of sp³-hybridized carbons (Fsp3) is 0.650. The summed E-state index contributed by atoms with van der Waals surface area (Å²) in [5, 5.41) is 0. The van der Waals surface area contributed by atoms with Crippen LogP contribution in [0.25, 0.3) is 0 Å². The zero-order valence-electron chi connectivity index (χ0n) is 16.1. The van der Waals surface area contributed by atoms with Gasteiger partial charge in [0.1, 0.15) is 12.4 Å². The maximum atomic E-state index is 12.1. The third kappa shape index (κ3) is 8.06. The molecule has 1 amide bonds. The standard InChI is InChI=1S/C20H32N2O4/c1-18(2)17-26-20(23)22-10-6-9-21(11-12-22)13-14-24-15-16-25-19-7-4-3-5-8-19/h3-5,7-8,18H,6,9-17H2,1-2H3. The van der Waals surface area contributed by atoms with E-state index in [0.29, 0.717) is 38.9 Å². The van der Waals surface area contributed by atoms with Crippen molar-refractivity contribution in [1.29, 1.82) is 0 Å². The van der Waals surface area contributed by atoms with Gasteiger partial charge in [0.2, 0.25) is 0 Å². The van der Waals surface area contributed by atoms with Gasteiger partial charge >= 0.3 is 6.09 Å². The second-order valence-corrected chi connectivity index (χ2v) is 6.93. The molecule has 6 heteroatoms. The second-order valence-electron chi connectivity index (χ2n) is 6.93. The van der Waals surface area contributed by atoms with Crippen LogP contribution in [0.1, 0.15) is 20.3 Å². The molecule has 0 aliphatic carbocycles. The highest BCUT2D eigenvalue weighted by Crippen LogP contribution is 2.08. The number of carbonyl (C=O) groups excluding carboxylic acids is 1. The third-order valence-electron chi connectivity index (χ3n) is 4.18. The van der Waals surface area contributed by atoms with E-state index in [0.717, 1.165) is 38.3 Å². The summed E-state index contributed by atoms with van der Waals surface area (Å²) in [5.41, 5.74) is 0. The van der Waals surface area contributed by atoms with Crippen LogP contribution >= 0.6 is 0 Å². The van der Waals surface area contributed by atoms with E-state index in [1.165, 1.54) is 0 Å². The van der Waals surface area contributed by atoms with Gasteiger partial charge in [-0.15, -0.1) is 0 Å². The van der Waals surface area contributed by atoms with Crippen LogP contribution in [0, 0.1) is 5.92 Å². The zero-order chi connectivity index (χ0) is 18.6. The summed E-state index contributed by atoms with van der Waals surface area (Å²) in [6.07, 6.45) is 0.781. The second kappa shape index (κ2) is 11.8. The molecule has 0 spiro atoms. The molecule has 6 nitrogen and oxygen atoms in total. The van der Waals surface area contributed by atoms with Crippen molar-refractivity contribution in [2.45, 2.75) is 20.3 Å². The van der Waals surface area contributed by atoms with Gasteiger partial charge in [-0.05, 0) is 31.0 Å². The number of ether oxygens (including phenoxy) is 3. The monoisotopic (exact) mass is 364 g/mol. The maximum Gasteiger partial charge on any atom is 0.409 e. The molecule has 0 bridgehead atoms. The number of nitrogens with zero attached hydrogens (tertiary/aromatic N) is 2. The van der Waals surface area contributed by atoms with Crippen molar-refractivity contribution in [3.63, 3.8) is 0 Å². The normalized spacial score (nSPS) is 15.7. The summed E-state index contributed by atoms with van der Waals surface area (Å²) in [5.74, 6) is 1.23. The molecular formula is C20H32N2O4. The van der Waals surface area contributed by atoms with E-state index in [9.17, 15) is 4.79 Å². The number of para-hydroxylation sites is 1. The Bertz CT molecular complexity index is 510. The van der Waals surface area contributed by atoms with Gasteiger partial charge in [-0.25, -0.2) is 4.79 Å². The maximum absolute atomic E-state index is 12.1. The Hall–Kier alpha value is -1.79. The molecule has 26 heavy (non-hydrogen) atoms. The first kappa shape index (κ1) is 20.5. The molecular weight excluding hydrogens is 332 g/mol. The molecule has 146 valence electrons. The minimum atomic E-state index is -0.185. The summed E-state index contributed by atoms with van der Waals surface area (Å²) in [6, 6.07) is 9.76. The van der Waals surface area contributed by atoms with E-state index in [2.05, 4.69) is 4.90 Å². The zero-order valence-corrected chi connectivity index (χ0v) is 16.1. The molecule has 1 aliphatic heterocycles. The molecule has 1 saturated heterocycles. The summed E-state index contributed by atoms with van der Waals surface area (Å²) in [4.78, 5) is 16.2. The quantitative estimate of drug-likeness (QED) is 0.631. The summed E-state index contributed by atoms with van der Waals surface area (Å²) in [7, 11) is 0. The molecule has 0 radical (unpaired) electrons. The Morgan fingerprint density at radius 3 is 2.62 bits per heavy atom. The van der Waals surface area contributed by atoms with E-state index < -0.39 is 0 Å². The molecule has 1 aliphatic rings. The minimum absolute atomic E-state index is 0.185. The lowest BCUT2D eigenvalue weighted by Crippen LogP contribution is -2.36. The molecule has 0 saturated carbocycles. The van der Waals surface area contributed by atoms with Gasteiger partial charge in [-0.1, -0.05) is 32.0 Å². The Balaban J connectivity index is 1.54. The predicted molar refractivity (Wildman–Crippen MR) is 102 cm³/mol. The average Bonchev–Trinajstić information content (AvgIpc) is 2.89. The Labute approximate surface area is 157 Å². The molecule has 2 rings (SSSR count). The molecule has 1 aromatic carbocycles. The summed E-state index contributed by atoms with van der Waals surface area (Å²) in [6.45, 7) is 10.6. The molecule has 0 unspecified atom stereocenters. The Morgan fingerprint density at radius 2 is 1.85 bits per heavy atom. The van der Waals surface area contributed by atoms with E-state index >= 15 is 0 Å². The molecule has 1 fully saturated rings. The van der Waals surface area contributed by atoms with Gasteiger partial charge < -0.3 is 19.1 Å². The van der Waals surface area contributed by atoms with Gasteiger partial charge in [-0.2, -0.15) is 0 Å². The van der Waals surface area contributed by atoms with Crippen LogP contribution < -0.4 is 4.74 Å². The van der Waals surface area contributed by atoms with Crippen LogP contribution in [-0.4, -0.2) is 75.0 Å². The van der Waals surface area contributed by atoms with Crippen molar-refractivity contribution < 1.29 is 19.0 Å². The van der Waals surface area contributed by atoms with E-state index in [4.69, 9.17) is 14.2 Å². The van der Waals surface area contributed by atoms with Crippen LogP contribution in [0.4, 0.5) is 4.79 Å². The number of amides is 1. The largest absolute Gasteiger partial charge is 0.491 e. The molecule has 0 N–H and O–H groups in total.